The maximum Gasteiger partial charge on any atom is 0.240 e. The van der Waals surface area contributed by atoms with Crippen molar-refractivity contribution < 1.29 is 9.53 Å². The molecule has 0 radical (unpaired) electrons. The summed E-state index contributed by atoms with van der Waals surface area (Å²) in [7, 11) is 1.58. The molecule has 1 amide bonds. The summed E-state index contributed by atoms with van der Waals surface area (Å²) in [6, 6.07) is 3.75. The second kappa shape index (κ2) is 6.87. The van der Waals surface area contributed by atoms with Crippen molar-refractivity contribution in [1.29, 1.82) is 0 Å². The molecule has 0 unspecified atom stereocenters. The predicted octanol–water partition coefficient (Wildman–Crippen LogP) is 0.390. The highest BCUT2D eigenvalue weighted by Gasteiger charge is 2.34. The lowest BCUT2D eigenvalue weighted by molar-refractivity contribution is -0.132. The first kappa shape index (κ1) is 15.7. The number of hydrogen-bond donors (Lipinski definition) is 2. The van der Waals surface area contributed by atoms with E-state index in [0.29, 0.717) is 12.4 Å². The van der Waals surface area contributed by atoms with Crippen molar-refractivity contribution in [2.75, 3.05) is 33.3 Å². The van der Waals surface area contributed by atoms with Crippen LogP contribution in [0.1, 0.15) is 19.4 Å². The first-order chi connectivity index (χ1) is 10.1. The number of nitrogens with one attached hydrogen (secondary N) is 2. The summed E-state index contributed by atoms with van der Waals surface area (Å²) in [5.41, 5.74) is 0.363. The number of nitrogens with zero attached hydrogens (tertiary/aromatic N) is 2. The molecule has 2 N–H and O–H groups in total. The second-order valence-electron chi connectivity index (χ2n) is 5.65. The Kier molecular flexibility index (Phi) is 5.14. The lowest BCUT2D eigenvalue weighted by atomic mass is 10.0. The molecular formula is C15H24N4O2. The third kappa shape index (κ3) is 3.71. The SMILES string of the molecule is COc1ncccc1CNC(=O)C(C)(C)N1CCNCC1. The quantitative estimate of drug-likeness (QED) is 0.822. The average molecular weight is 292 g/mol. The molecule has 6 nitrogen and oxygen atoms in total. The maximum absolute atomic E-state index is 12.5. The number of aromatic nitrogens is 1. The Morgan fingerprint density at radius 1 is 1.48 bits per heavy atom. The van der Waals surface area contributed by atoms with E-state index >= 15 is 0 Å². The van der Waals surface area contributed by atoms with Crippen molar-refractivity contribution in [2.24, 2.45) is 0 Å². The van der Waals surface area contributed by atoms with Gasteiger partial charge in [-0.1, -0.05) is 6.07 Å². The average Bonchev–Trinajstić information content (AvgIpc) is 2.53. The summed E-state index contributed by atoms with van der Waals surface area (Å²) in [4.78, 5) is 18.8. The lowest BCUT2D eigenvalue weighted by Gasteiger charge is -2.39. The summed E-state index contributed by atoms with van der Waals surface area (Å²) in [5, 5.41) is 6.29. The monoisotopic (exact) mass is 292 g/mol. The van der Waals surface area contributed by atoms with Crippen molar-refractivity contribution >= 4 is 5.91 Å². The molecule has 1 aliphatic heterocycles. The smallest absolute Gasteiger partial charge is 0.240 e. The van der Waals surface area contributed by atoms with Crippen molar-refractivity contribution in [2.45, 2.75) is 25.9 Å². The Balaban J connectivity index is 1.97. The van der Waals surface area contributed by atoms with E-state index in [0.717, 1.165) is 31.7 Å². The highest BCUT2D eigenvalue weighted by molar-refractivity contribution is 5.85. The molecule has 1 fully saturated rings. The molecule has 6 heteroatoms. The Bertz CT molecular complexity index is 484. The van der Waals surface area contributed by atoms with Crippen molar-refractivity contribution in [3.05, 3.63) is 23.9 Å². The van der Waals surface area contributed by atoms with Gasteiger partial charge in [-0.3, -0.25) is 9.69 Å². The zero-order valence-electron chi connectivity index (χ0n) is 13.0. The second-order valence-corrected chi connectivity index (χ2v) is 5.65. The molecule has 0 aliphatic carbocycles. The van der Waals surface area contributed by atoms with Gasteiger partial charge in [-0.05, 0) is 19.9 Å². The van der Waals surface area contributed by atoms with Gasteiger partial charge < -0.3 is 15.4 Å². The number of ether oxygens (including phenoxy) is 1. The number of piperazine rings is 1. The maximum atomic E-state index is 12.5. The van der Waals surface area contributed by atoms with Crippen LogP contribution in [0.25, 0.3) is 0 Å². The first-order valence-electron chi connectivity index (χ1n) is 7.27. The lowest BCUT2D eigenvalue weighted by Crippen LogP contribution is -2.59. The van der Waals surface area contributed by atoms with Crippen LogP contribution in [0, 0.1) is 0 Å². The summed E-state index contributed by atoms with van der Waals surface area (Å²) < 4.78 is 5.20. The Labute approximate surface area is 125 Å². The standard InChI is InChI=1S/C15H24N4O2/c1-15(2,19-9-7-16-8-10-19)14(20)18-11-12-5-4-6-17-13(12)21-3/h4-6,16H,7-11H2,1-3H3,(H,18,20). The van der Waals surface area contributed by atoms with E-state index in [2.05, 4.69) is 20.5 Å². The number of pyridine rings is 1. The largest absolute Gasteiger partial charge is 0.481 e. The van der Waals surface area contributed by atoms with E-state index in [9.17, 15) is 4.79 Å². The van der Waals surface area contributed by atoms with Crippen molar-refractivity contribution in [1.82, 2.24) is 20.5 Å². The zero-order valence-corrected chi connectivity index (χ0v) is 13.0. The predicted molar refractivity (Wildman–Crippen MR) is 81.2 cm³/mol. The molecule has 1 saturated heterocycles. The van der Waals surface area contributed by atoms with E-state index < -0.39 is 5.54 Å². The van der Waals surface area contributed by atoms with Crippen LogP contribution < -0.4 is 15.4 Å². The molecule has 1 aromatic rings. The van der Waals surface area contributed by atoms with Gasteiger partial charge in [-0.15, -0.1) is 0 Å². The number of amides is 1. The summed E-state index contributed by atoms with van der Waals surface area (Å²) in [5.74, 6) is 0.577. The van der Waals surface area contributed by atoms with Gasteiger partial charge in [0.15, 0.2) is 0 Å². The van der Waals surface area contributed by atoms with Crippen LogP contribution in [0.5, 0.6) is 5.88 Å². The molecule has 1 aliphatic rings. The third-order valence-electron chi connectivity index (χ3n) is 3.95. The molecule has 0 aromatic carbocycles. The molecule has 21 heavy (non-hydrogen) atoms. The summed E-state index contributed by atoms with van der Waals surface area (Å²) >= 11 is 0. The molecule has 0 atom stereocenters. The first-order valence-corrected chi connectivity index (χ1v) is 7.27. The van der Waals surface area contributed by atoms with E-state index in [1.165, 1.54) is 0 Å². The molecule has 0 bridgehead atoms. The topological polar surface area (TPSA) is 66.5 Å². The fourth-order valence-corrected chi connectivity index (χ4v) is 2.50. The zero-order chi connectivity index (χ0) is 15.3. The van der Waals surface area contributed by atoms with Crippen molar-refractivity contribution in [3.63, 3.8) is 0 Å². The fourth-order valence-electron chi connectivity index (χ4n) is 2.50. The summed E-state index contributed by atoms with van der Waals surface area (Å²) in [6.07, 6.45) is 1.68. The molecule has 2 heterocycles. The molecule has 1 aromatic heterocycles. The van der Waals surface area contributed by atoms with Crippen LogP contribution in [0.4, 0.5) is 0 Å². The van der Waals surface area contributed by atoms with E-state index in [4.69, 9.17) is 4.74 Å². The summed E-state index contributed by atoms with van der Waals surface area (Å²) in [6.45, 7) is 7.97. The van der Waals surface area contributed by atoms with Gasteiger partial charge in [-0.2, -0.15) is 0 Å². The molecule has 116 valence electrons. The van der Waals surface area contributed by atoms with Crippen LogP contribution in [-0.2, 0) is 11.3 Å². The Morgan fingerprint density at radius 3 is 2.86 bits per heavy atom. The van der Waals surface area contributed by atoms with E-state index in [-0.39, 0.29) is 5.91 Å². The molecule has 2 rings (SSSR count). The van der Waals surface area contributed by atoms with Gasteiger partial charge in [0.1, 0.15) is 0 Å². The fraction of sp³-hybridized carbons (Fsp3) is 0.600. The highest BCUT2D eigenvalue weighted by Crippen LogP contribution is 2.17. The van der Waals surface area contributed by atoms with Crippen LogP contribution in [0.15, 0.2) is 18.3 Å². The number of carbonyl (C=O) groups excluding carboxylic acids is 1. The Morgan fingerprint density at radius 2 is 2.19 bits per heavy atom. The van der Waals surface area contributed by atoms with Gasteiger partial charge in [-0.25, -0.2) is 4.98 Å². The number of methoxy groups -OCH3 is 1. The Hall–Kier alpha value is -1.66. The van der Waals surface area contributed by atoms with Gasteiger partial charge in [0, 0.05) is 44.5 Å². The molecule has 0 saturated carbocycles. The van der Waals surface area contributed by atoms with Crippen LogP contribution in [0.3, 0.4) is 0 Å². The molecular weight excluding hydrogens is 268 g/mol. The van der Waals surface area contributed by atoms with Gasteiger partial charge in [0.25, 0.3) is 0 Å². The van der Waals surface area contributed by atoms with Crippen LogP contribution in [-0.4, -0.2) is 54.6 Å². The van der Waals surface area contributed by atoms with Crippen LogP contribution >= 0.6 is 0 Å². The van der Waals surface area contributed by atoms with Gasteiger partial charge in [0.2, 0.25) is 11.8 Å². The minimum atomic E-state index is -0.516. The number of carbonyl (C=O) groups is 1. The highest BCUT2D eigenvalue weighted by atomic mass is 16.5. The van der Waals surface area contributed by atoms with Crippen molar-refractivity contribution in [3.8, 4) is 5.88 Å². The van der Waals surface area contributed by atoms with E-state index in [1.54, 1.807) is 13.3 Å². The van der Waals surface area contributed by atoms with Gasteiger partial charge >= 0.3 is 0 Å². The normalized spacial score (nSPS) is 16.5. The van der Waals surface area contributed by atoms with Crippen LogP contribution in [0.2, 0.25) is 0 Å². The molecule has 0 spiro atoms. The minimum absolute atomic E-state index is 0.0234. The number of rotatable bonds is 5. The van der Waals surface area contributed by atoms with E-state index in [1.807, 2.05) is 26.0 Å². The van der Waals surface area contributed by atoms with Gasteiger partial charge in [0.05, 0.1) is 12.6 Å². The minimum Gasteiger partial charge on any atom is -0.481 e. The number of hydrogen-bond acceptors (Lipinski definition) is 5. The third-order valence-corrected chi connectivity index (χ3v) is 3.95.